The van der Waals surface area contributed by atoms with Gasteiger partial charge in [0.1, 0.15) is 11.5 Å². The van der Waals surface area contributed by atoms with Crippen LogP contribution in [0.5, 0.6) is 0 Å². The third-order valence-electron chi connectivity index (χ3n) is 4.59. The molecule has 1 N–H and O–H groups in total. The van der Waals surface area contributed by atoms with E-state index in [2.05, 4.69) is 49.4 Å². The molecule has 0 radical (unpaired) electrons. The van der Waals surface area contributed by atoms with Gasteiger partial charge in [0.2, 0.25) is 0 Å². The van der Waals surface area contributed by atoms with Crippen molar-refractivity contribution < 1.29 is 4.79 Å². The average Bonchev–Trinajstić information content (AvgIpc) is 2.69. The molecule has 1 aliphatic heterocycles. The number of benzene rings is 1. The van der Waals surface area contributed by atoms with E-state index in [4.69, 9.17) is 0 Å². The Labute approximate surface area is 148 Å². The van der Waals surface area contributed by atoms with E-state index in [1.807, 2.05) is 19.9 Å². The molecule has 0 saturated carbocycles. The highest BCUT2D eigenvalue weighted by Gasteiger charge is 2.19. The van der Waals surface area contributed by atoms with Crippen LogP contribution in [0.3, 0.4) is 0 Å². The lowest BCUT2D eigenvalue weighted by Crippen LogP contribution is -2.46. The maximum atomic E-state index is 12.1. The summed E-state index contributed by atoms with van der Waals surface area (Å²) in [4.78, 5) is 25.4. The fourth-order valence-corrected chi connectivity index (χ4v) is 2.83. The number of nitrogens with zero attached hydrogens (tertiary/aromatic N) is 4. The Balaban J connectivity index is 1.58. The van der Waals surface area contributed by atoms with E-state index in [0.717, 1.165) is 38.4 Å². The van der Waals surface area contributed by atoms with Crippen LogP contribution in [0.25, 0.3) is 0 Å². The van der Waals surface area contributed by atoms with Crippen LogP contribution >= 0.6 is 0 Å². The standard InChI is InChI=1S/C19H25N5O/c1-3-15(2)22-19(25)17-13-21-18(14-20-17)24-11-9-23(10-12-24)16-7-5-4-6-8-16/h4-8,13-15H,3,9-12H2,1-2H3,(H,22,25). The van der Waals surface area contributed by atoms with E-state index in [1.165, 1.54) is 5.69 Å². The van der Waals surface area contributed by atoms with Crippen molar-refractivity contribution >= 4 is 17.4 Å². The minimum Gasteiger partial charge on any atom is -0.368 e. The largest absolute Gasteiger partial charge is 0.368 e. The molecule has 1 aliphatic rings. The predicted octanol–water partition coefficient (Wildman–Crippen LogP) is 2.33. The average molecular weight is 339 g/mol. The van der Waals surface area contributed by atoms with Gasteiger partial charge in [-0.3, -0.25) is 4.79 Å². The zero-order valence-electron chi connectivity index (χ0n) is 14.9. The number of anilines is 2. The second kappa shape index (κ2) is 7.96. The highest BCUT2D eigenvalue weighted by molar-refractivity contribution is 5.92. The Hall–Kier alpha value is -2.63. The molecule has 2 heterocycles. The second-order valence-corrected chi connectivity index (χ2v) is 6.35. The third-order valence-corrected chi connectivity index (χ3v) is 4.59. The number of piperazine rings is 1. The first-order valence-corrected chi connectivity index (χ1v) is 8.85. The summed E-state index contributed by atoms with van der Waals surface area (Å²) >= 11 is 0. The van der Waals surface area contributed by atoms with Gasteiger partial charge < -0.3 is 15.1 Å². The minimum atomic E-state index is -0.165. The summed E-state index contributed by atoms with van der Waals surface area (Å²) in [6.45, 7) is 7.69. The molecule has 1 unspecified atom stereocenters. The van der Waals surface area contributed by atoms with Crippen LogP contribution in [0.15, 0.2) is 42.7 Å². The summed E-state index contributed by atoms with van der Waals surface area (Å²) in [6.07, 6.45) is 4.16. The van der Waals surface area contributed by atoms with Gasteiger partial charge in [0.15, 0.2) is 0 Å². The van der Waals surface area contributed by atoms with Crippen molar-refractivity contribution in [1.82, 2.24) is 15.3 Å². The molecule has 1 saturated heterocycles. The van der Waals surface area contributed by atoms with E-state index >= 15 is 0 Å². The van der Waals surface area contributed by atoms with E-state index in [-0.39, 0.29) is 11.9 Å². The molecular formula is C19H25N5O. The zero-order chi connectivity index (χ0) is 17.6. The molecule has 1 amide bonds. The molecule has 1 aromatic heterocycles. The van der Waals surface area contributed by atoms with Crippen LogP contribution in [0.2, 0.25) is 0 Å². The molecule has 2 aromatic rings. The van der Waals surface area contributed by atoms with E-state index < -0.39 is 0 Å². The van der Waals surface area contributed by atoms with Crippen molar-refractivity contribution in [1.29, 1.82) is 0 Å². The van der Waals surface area contributed by atoms with E-state index in [1.54, 1.807) is 12.4 Å². The number of aromatic nitrogens is 2. The van der Waals surface area contributed by atoms with Crippen LogP contribution < -0.4 is 15.1 Å². The first-order chi connectivity index (χ1) is 12.2. The molecule has 1 atom stereocenters. The molecule has 132 valence electrons. The smallest absolute Gasteiger partial charge is 0.271 e. The van der Waals surface area contributed by atoms with Crippen molar-refractivity contribution in [2.75, 3.05) is 36.0 Å². The van der Waals surface area contributed by atoms with Gasteiger partial charge in [-0.05, 0) is 25.5 Å². The Morgan fingerprint density at radius 3 is 2.36 bits per heavy atom. The summed E-state index contributed by atoms with van der Waals surface area (Å²) < 4.78 is 0. The fourth-order valence-electron chi connectivity index (χ4n) is 2.83. The molecule has 6 heteroatoms. The molecule has 3 rings (SSSR count). The number of para-hydroxylation sites is 1. The van der Waals surface area contributed by atoms with Gasteiger partial charge in [-0.1, -0.05) is 25.1 Å². The topological polar surface area (TPSA) is 61.4 Å². The van der Waals surface area contributed by atoms with Gasteiger partial charge in [-0.25, -0.2) is 9.97 Å². The highest BCUT2D eigenvalue weighted by atomic mass is 16.1. The van der Waals surface area contributed by atoms with Crippen LogP contribution in [0.1, 0.15) is 30.8 Å². The van der Waals surface area contributed by atoms with Gasteiger partial charge in [0, 0.05) is 37.9 Å². The molecule has 6 nitrogen and oxygen atoms in total. The maximum absolute atomic E-state index is 12.1. The lowest BCUT2D eigenvalue weighted by Gasteiger charge is -2.36. The lowest BCUT2D eigenvalue weighted by molar-refractivity contribution is 0.0934. The zero-order valence-corrected chi connectivity index (χ0v) is 14.9. The van der Waals surface area contributed by atoms with Crippen LogP contribution in [0, 0.1) is 0 Å². The van der Waals surface area contributed by atoms with Gasteiger partial charge >= 0.3 is 0 Å². The molecule has 1 aromatic carbocycles. The van der Waals surface area contributed by atoms with Gasteiger partial charge in [0.05, 0.1) is 12.4 Å². The highest BCUT2D eigenvalue weighted by Crippen LogP contribution is 2.18. The SMILES string of the molecule is CCC(C)NC(=O)c1cnc(N2CCN(c3ccccc3)CC2)cn1. The Morgan fingerprint density at radius 1 is 1.08 bits per heavy atom. The van der Waals surface area contributed by atoms with E-state index in [9.17, 15) is 4.79 Å². The molecular weight excluding hydrogens is 314 g/mol. The normalized spacial score (nSPS) is 15.8. The van der Waals surface area contributed by atoms with Crippen molar-refractivity contribution in [2.45, 2.75) is 26.3 Å². The van der Waals surface area contributed by atoms with Crippen LogP contribution in [0.4, 0.5) is 11.5 Å². The minimum absolute atomic E-state index is 0.139. The Kier molecular flexibility index (Phi) is 5.48. The first kappa shape index (κ1) is 17.2. The quantitative estimate of drug-likeness (QED) is 0.906. The number of rotatable bonds is 5. The third kappa shape index (κ3) is 4.26. The summed E-state index contributed by atoms with van der Waals surface area (Å²) in [5.74, 6) is 0.662. The fraction of sp³-hybridized carbons (Fsp3) is 0.421. The van der Waals surface area contributed by atoms with Crippen molar-refractivity contribution in [3.8, 4) is 0 Å². The monoisotopic (exact) mass is 339 g/mol. The number of amides is 1. The van der Waals surface area contributed by atoms with Gasteiger partial charge in [-0.2, -0.15) is 0 Å². The first-order valence-electron chi connectivity index (χ1n) is 8.85. The van der Waals surface area contributed by atoms with Crippen molar-refractivity contribution in [2.24, 2.45) is 0 Å². The Morgan fingerprint density at radius 2 is 1.76 bits per heavy atom. The summed E-state index contributed by atoms with van der Waals surface area (Å²) in [7, 11) is 0. The summed E-state index contributed by atoms with van der Waals surface area (Å²) in [6, 6.07) is 10.6. The van der Waals surface area contributed by atoms with E-state index in [0.29, 0.717) is 5.69 Å². The summed E-state index contributed by atoms with van der Waals surface area (Å²) in [5, 5.41) is 2.91. The number of hydrogen-bond acceptors (Lipinski definition) is 5. The van der Waals surface area contributed by atoms with Crippen LogP contribution in [-0.4, -0.2) is 48.1 Å². The van der Waals surface area contributed by atoms with Crippen molar-refractivity contribution in [3.05, 3.63) is 48.4 Å². The Bertz CT molecular complexity index is 681. The van der Waals surface area contributed by atoms with Crippen molar-refractivity contribution in [3.63, 3.8) is 0 Å². The number of hydrogen-bond donors (Lipinski definition) is 1. The van der Waals surface area contributed by atoms with Gasteiger partial charge in [-0.15, -0.1) is 0 Å². The summed E-state index contributed by atoms with van der Waals surface area (Å²) in [5.41, 5.74) is 1.62. The maximum Gasteiger partial charge on any atom is 0.271 e. The molecule has 1 fully saturated rings. The molecule has 0 aliphatic carbocycles. The number of carbonyl (C=O) groups excluding carboxylic acids is 1. The predicted molar refractivity (Wildman–Crippen MR) is 100 cm³/mol. The second-order valence-electron chi connectivity index (χ2n) is 6.35. The number of carbonyl (C=O) groups is 1. The molecule has 0 spiro atoms. The van der Waals surface area contributed by atoms with Gasteiger partial charge in [0.25, 0.3) is 5.91 Å². The van der Waals surface area contributed by atoms with Crippen LogP contribution in [-0.2, 0) is 0 Å². The number of nitrogens with one attached hydrogen (secondary N) is 1. The lowest BCUT2D eigenvalue weighted by atomic mass is 10.2. The molecule has 0 bridgehead atoms. The molecule has 25 heavy (non-hydrogen) atoms.